The van der Waals surface area contributed by atoms with Gasteiger partial charge < -0.3 is 10.2 Å². The van der Waals surface area contributed by atoms with E-state index in [0.29, 0.717) is 11.8 Å². The molecule has 3 saturated carbocycles. The van der Waals surface area contributed by atoms with Gasteiger partial charge in [0.05, 0.1) is 5.41 Å². The lowest BCUT2D eigenvalue weighted by Crippen LogP contribution is -2.60. The van der Waals surface area contributed by atoms with E-state index >= 15 is 0 Å². The zero-order valence-corrected chi connectivity index (χ0v) is 14.4. The van der Waals surface area contributed by atoms with E-state index in [1.807, 2.05) is 6.92 Å². The van der Waals surface area contributed by atoms with Crippen molar-refractivity contribution in [1.29, 1.82) is 0 Å². The predicted molar refractivity (Wildman–Crippen MR) is 86.4 cm³/mol. The first-order chi connectivity index (χ1) is 10.3. The third kappa shape index (κ3) is 2.07. The number of carboxylic acids is 1. The summed E-state index contributed by atoms with van der Waals surface area (Å²) >= 11 is 0. The largest absolute Gasteiger partial charge is 0.481 e. The first-order valence-corrected chi connectivity index (χ1v) is 9.13. The van der Waals surface area contributed by atoms with Gasteiger partial charge in [0.25, 0.3) is 0 Å². The third-order valence-corrected chi connectivity index (χ3v) is 7.95. The fraction of sp³-hybridized carbons (Fsp3) is 0.947. The molecule has 126 valence electrons. The molecule has 3 aliphatic carbocycles. The van der Waals surface area contributed by atoms with E-state index in [2.05, 4.69) is 13.8 Å². The van der Waals surface area contributed by atoms with Crippen molar-refractivity contribution in [1.82, 2.24) is 0 Å². The summed E-state index contributed by atoms with van der Waals surface area (Å²) in [4.78, 5) is 12.0. The van der Waals surface area contributed by atoms with Gasteiger partial charge in [-0.3, -0.25) is 4.79 Å². The lowest BCUT2D eigenvalue weighted by atomic mass is 9.40. The maximum Gasteiger partial charge on any atom is 0.309 e. The highest BCUT2D eigenvalue weighted by molar-refractivity contribution is 5.75. The third-order valence-electron chi connectivity index (χ3n) is 7.95. The highest BCUT2D eigenvalue weighted by Crippen LogP contribution is 2.67. The van der Waals surface area contributed by atoms with Gasteiger partial charge in [-0.2, -0.15) is 0 Å². The molecule has 3 nitrogen and oxygen atoms in total. The lowest BCUT2D eigenvalue weighted by Gasteiger charge is -2.64. The molecule has 3 heteroatoms. The molecule has 0 bridgehead atoms. The van der Waals surface area contributed by atoms with Crippen molar-refractivity contribution >= 4 is 5.97 Å². The molecular weight excluding hydrogens is 276 g/mol. The molecule has 6 atom stereocenters. The molecule has 3 aliphatic rings. The summed E-state index contributed by atoms with van der Waals surface area (Å²) in [5, 5.41) is 20.1. The van der Waals surface area contributed by atoms with Crippen LogP contribution in [0.1, 0.15) is 72.1 Å². The smallest absolute Gasteiger partial charge is 0.309 e. The number of fused-ring (bicyclic) bond motifs is 3. The van der Waals surface area contributed by atoms with Crippen LogP contribution in [0.5, 0.6) is 0 Å². The van der Waals surface area contributed by atoms with Gasteiger partial charge in [0.2, 0.25) is 0 Å². The summed E-state index contributed by atoms with van der Waals surface area (Å²) < 4.78 is 0. The molecule has 0 spiro atoms. The Morgan fingerprint density at radius 1 is 1.09 bits per heavy atom. The van der Waals surface area contributed by atoms with E-state index in [1.165, 1.54) is 12.8 Å². The molecule has 3 fully saturated rings. The van der Waals surface area contributed by atoms with Crippen LogP contribution < -0.4 is 0 Å². The van der Waals surface area contributed by atoms with Crippen LogP contribution in [0.2, 0.25) is 0 Å². The molecule has 0 aromatic heterocycles. The number of aliphatic hydroxyl groups is 1. The van der Waals surface area contributed by atoms with E-state index in [9.17, 15) is 15.0 Å². The highest BCUT2D eigenvalue weighted by atomic mass is 16.4. The summed E-state index contributed by atoms with van der Waals surface area (Å²) in [6.07, 6.45) is 8.50. The van der Waals surface area contributed by atoms with Gasteiger partial charge in [-0.1, -0.05) is 26.7 Å². The first kappa shape index (κ1) is 16.3. The second kappa shape index (κ2) is 5.22. The van der Waals surface area contributed by atoms with E-state index in [4.69, 9.17) is 0 Å². The lowest BCUT2D eigenvalue weighted by molar-refractivity contribution is -0.191. The van der Waals surface area contributed by atoms with E-state index < -0.39 is 11.4 Å². The van der Waals surface area contributed by atoms with Crippen LogP contribution in [-0.4, -0.2) is 22.8 Å². The Morgan fingerprint density at radius 3 is 2.45 bits per heavy atom. The van der Waals surface area contributed by atoms with E-state index in [1.54, 1.807) is 0 Å². The average molecular weight is 308 g/mol. The second-order valence-electron chi connectivity index (χ2n) is 9.13. The van der Waals surface area contributed by atoms with Crippen molar-refractivity contribution in [2.75, 3.05) is 6.61 Å². The zero-order chi connectivity index (χ0) is 16.2. The Kier molecular flexibility index (Phi) is 3.87. The van der Waals surface area contributed by atoms with Crippen LogP contribution in [0.25, 0.3) is 0 Å². The van der Waals surface area contributed by atoms with Crippen LogP contribution in [0.3, 0.4) is 0 Å². The minimum atomic E-state index is -0.607. The van der Waals surface area contributed by atoms with Gasteiger partial charge in [-0.15, -0.1) is 0 Å². The van der Waals surface area contributed by atoms with Gasteiger partial charge in [0.15, 0.2) is 0 Å². The molecule has 0 aromatic carbocycles. The number of aliphatic hydroxyl groups excluding tert-OH is 1. The predicted octanol–water partition coefficient (Wildman–Crippen LogP) is 4.09. The van der Waals surface area contributed by atoms with Crippen molar-refractivity contribution in [3.8, 4) is 0 Å². The molecule has 0 aromatic rings. The number of hydrogen-bond donors (Lipinski definition) is 2. The SMILES string of the molecule is CC1CC[C@@H]2C(CO)(CC[C@@H]3C(C)(C(=O)O)CCCC23C)C1. The van der Waals surface area contributed by atoms with Gasteiger partial charge >= 0.3 is 5.97 Å². The maximum absolute atomic E-state index is 12.0. The van der Waals surface area contributed by atoms with Crippen LogP contribution >= 0.6 is 0 Å². The maximum atomic E-state index is 12.0. The Balaban J connectivity index is 2.00. The van der Waals surface area contributed by atoms with Crippen LogP contribution in [0.15, 0.2) is 0 Å². The van der Waals surface area contributed by atoms with E-state index in [0.717, 1.165) is 38.5 Å². The minimum absolute atomic E-state index is 0.0552. The first-order valence-electron chi connectivity index (χ1n) is 9.13. The zero-order valence-electron chi connectivity index (χ0n) is 14.4. The number of carbonyl (C=O) groups is 1. The number of carboxylic acid groups (broad SMARTS) is 1. The Hall–Kier alpha value is -0.570. The molecule has 0 amide bonds. The van der Waals surface area contributed by atoms with Crippen molar-refractivity contribution in [2.24, 2.45) is 34.0 Å². The van der Waals surface area contributed by atoms with Crippen molar-refractivity contribution in [3.05, 3.63) is 0 Å². The molecular formula is C19H32O3. The Bertz CT molecular complexity index is 462. The molecule has 0 heterocycles. The monoisotopic (exact) mass is 308 g/mol. The van der Waals surface area contributed by atoms with Crippen LogP contribution in [0.4, 0.5) is 0 Å². The normalized spacial score (nSPS) is 51.7. The fourth-order valence-corrected chi connectivity index (χ4v) is 6.92. The molecule has 0 saturated heterocycles. The number of aliphatic carboxylic acids is 1. The standard InChI is InChI=1S/C19H32O3/c1-13-5-6-15-17(2)8-4-9-18(3,16(21)22)14(17)7-10-19(15,11-13)12-20/h13-15,20H,4-12H2,1-3H3,(H,21,22)/t13?,14-,15-,17?,18?,19?/m0/s1. The highest BCUT2D eigenvalue weighted by Gasteiger charge is 2.63. The Morgan fingerprint density at radius 2 is 1.82 bits per heavy atom. The summed E-state index contributed by atoms with van der Waals surface area (Å²) in [5.74, 6) is 0.852. The summed E-state index contributed by atoms with van der Waals surface area (Å²) in [5.41, 5.74) is -0.427. The second-order valence-corrected chi connectivity index (χ2v) is 9.13. The van der Waals surface area contributed by atoms with Gasteiger partial charge in [0, 0.05) is 6.61 Å². The minimum Gasteiger partial charge on any atom is -0.481 e. The Labute approximate surface area is 134 Å². The van der Waals surface area contributed by atoms with Crippen LogP contribution in [-0.2, 0) is 4.79 Å². The van der Waals surface area contributed by atoms with Crippen molar-refractivity contribution < 1.29 is 15.0 Å². The summed E-state index contributed by atoms with van der Waals surface area (Å²) in [6, 6.07) is 0. The number of hydrogen-bond acceptors (Lipinski definition) is 2. The number of rotatable bonds is 2. The van der Waals surface area contributed by atoms with Crippen molar-refractivity contribution in [3.63, 3.8) is 0 Å². The van der Waals surface area contributed by atoms with Gasteiger partial charge in [0.1, 0.15) is 0 Å². The summed E-state index contributed by atoms with van der Waals surface area (Å²) in [7, 11) is 0. The summed E-state index contributed by atoms with van der Waals surface area (Å²) in [6.45, 7) is 6.93. The molecule has 22 heavy (non-hydrogen) atoms. The van der Waals surface area contributed by atoms with Crippen LogP contribution in [0, 0.1) is 34.0 Å². The molecule has 0 aliphatic heterocycles. The molecule has 0 radical (unpaired) electrons. The quantitative estimate of drug-likeness (QED) is 0.807. The van der Waals surface area contributed by atoms with Gasteiger partial charge in [-0.05, 0) is 74.0 Å². The topological polar surface area (TPSA) is 57.5 Å². The van der Waals surface area contributed by atoms with Gasteiger partial charge in [-0.25, -0.2) is 0 Å². The van der Waals surface area contributed by atoms with E-state index in [-0.39, 0.29) is 23.4 Å². The molecule has 2 N–H and O–H groups in total. The molecule has 4 unspecified atom stereocenters. The average Bonchev–Trinajstić information content (AvgIpc) is 2.46. The fourth-order valence-electron chi connectivity index (χ4n) is 6.92. The molecule has 3 rings (SSSR count). The van der Waals surface area contributed by atoms with Crippen molar-refractivity contribution in [2.45, 2.75) is 72.1 Å².